The summed E-state index contributed by atoms with van der Waals surface area (Å²) in [4.78, 5) is 17.5. The Kier molecular flexibility index (Phi) is 7.14. The Balaban J connectivity index is 1.41. The minimum absolute atomic E-state index is 0.0932. The molecule has 0 saturated heterocycles. The summed E-state index contributed by atoms with van der Waals surface area (Å²) in [6, 6.07) is 16.0. The number of nitrogens with one attached hydrogen (secondary N) is 1. The van der Waals surface area contributed by atoms with Gasteiger partial charge in [-0.1, -0.05) is 30.3 Å². The van der Waals surface area contributed by atoms with Crippen molar-refractivity contribution in [1.29, 1.82) is 0 Å². The summed E-state index contributed by atoms with van der Waals surface area (Å²) in [6.45, 7) is 3.07. The molecule has 4 nitrogen and oxygen atoms in total. The second kappa shape index (κ2) is 9.99. The number of carbonyl (C=O) groups excluding carboxylic acids is 1. The van der Waals surface area contributed by atoms with Crippen molar-refractivity contribution in [3.63, 3.8) is 0 Å². The largest absolute Gasteiger partial charge is 0.494 e. The van der Waals surface area contributed by atoms with Crippen LogP contribution in [0.4, 0.5) is 4.39 Å². The van der Waals surface area contributed by atoms with Crippen LogP contribution in [0.15, 0.2) is 54.6 Å². The Hall–Kier alpha value is -2.73. The van der Waals surface area contributed by atoms with Crippen LogP contribution in [0.2, 0.25) is 0 Å². The summed E-state index contributed by atoms with van der Waals surface area (Å²) in [7, 11) is 0. The first-order valence-electron chi connectivity index (χ1n) is 9.28. The molecule has 3 aromatic rings. The second-order valence-electron chi connectivity index (χ2n) is 6.45. The van der Waals surface area contributed by atoms with Gasteiger partial charge in [-0.2, -0.15) is 0 Å². The number of halogens is 1. The molecule has 0 fully saturated rings. The highest BCUT2D eigenvalue weighted by Crippen LogP contribution is 2.21. The zero-order chi connectivity index (χ0) is 19.8. The highest BCUT2D eigenvalue weighted by molar-refractivity contribution is 7.13. The zero-order valence-corrected chi connectivity index (χ0v) is 16.6. The summed E-state index contributed by atoms with van der Waals surface area (Å²) >= 11 is 1.39. The van der Waals surface area contributed by atoms with Crippen molar-refractivity contribution in [2.75, 3.05) is 13.2 Å². The minimum atomic E-state index is -0.256. The molecule has 1 heterocycles. The van der Waals surface area contributed by atoms with Gasteiger partial charge in [-0.3, -0.25) is 4.79 Å². The van der Waals surface area contributed by atoms with Gasteiger partial charge in [-0.15, -0.1) is 11.3 Å². The maximum atomic E-state index is 13.0. The van der Waals surface area contributed by atoms with E-state index in [-0.39, 0.29) is 11.7 Å². The van der Waals surface area contributed by atoms with E-state index < -0.39 is 0 Å². The molecule has 0 bridgehead atoms. The normalized spacial score (nSPS) is 10.6. The molecule has 2 aromatic carbocycles. The van der Waals surface area contributed by atoms with E-state index in [2.05, 4.69) is 10.3 Å². The van der Waals surface area contributed by atoms with Gasteiger partial charge in [0.1, 0.15) is 16.4 Å². The number of hydrogen-bond acceptors (Lipinski definition) is 4. The standard InChI is InChI=1S/C22H23FN2O2S/c1-16-21(28-20(25-16)15-17-9-11-18(23)12-10-17)22(26)24-13-5-6-14-27-19-7-3-2-4-8-19/h2-4,7-12H,5-6,13-15H2,1H3,(H,24,26). The fraction of sp³-hybridized carbons (Fsp3) is 0.273. The van der Waals surface area contributed by atoms with Crippen LogP contribution in [-0.4, -0.2) is 24.0 Å². The van der Waals surface area contributed by atoms with Crippen molar-refractivity contribution >= 4 is 17.2 Å². The third kappa shape index (κ3) is 5.89. The molecule has 0 aliphatic rings. The fourth-order valence-corrected chi connectivity index (χ4v) is 3.75. The van der Waals surface area contributed by atoms with Crippen molar-refractivity contribution in [2.45, 2.75) is 26.2 Å². The van der Waals surface area contributed by atoms with Gasteiger partial charge in [0.05, 0.1) is 17.3 Å². The highest BCUT2D eigenvalue weighted by Gasteiger charge is 2.15. The molecule has 1 amide bonds. The van der Waals surface area contributed by atoms with E-state index in [1.807, 2.05) is 37.3 Å². The van der Waals surface area contributed by atoms with Gasteiger partial charge in [0.2, 0.25) is 0 Å². The third-order valence-corrected chi connectivity index (χ3v) is 5.34. The van der Waals surface area contributed by atoms with Gasteiger partial charge in [0.15, 0.2) is 0 Å². The van der Waals surface area contributed by atoms with Crippen LogP contribution in [0, 0.1) is 12.7 Å². The van der Waals surface area contributed by atoms with Crippen molar-refractivity contribution in [1.82, 2.24) is 10.3 Å². The molecule has 28 heavy (non-hydrogen) atoms. The summed E-state index contributed by atoms with van der Waals surface area (Å²) in [5.74, 6) is 0.512. The van der Waals surface area contributed by atoms with E-state index in [1.54, 1.807) is 12.1 Å². The molecule has 0 radical (unpaired) electrons. The SMILES string of the molecule is Cc1nc(Cc2ccc(F)cc2)sc1C(=O)NCCCCOc1ccccc1. The van der Waals surface area contributed by atoms with Crippen LogP contribution in [0.1, 0.15) is 38.8 Å². The van der Waals surface area contributed by atoms with E-state index in [9.17, 15) is 9.18 Å². The van der Waals surface area contributed by atoms with Gasteiger partial charge < -0.3 is 10.1 Å². The number of amides is 1. The van der Waals surface area contributed by atoms with E-state index in [4.69, 9.17) is 4.74 Å². The molecular weight excluding hydrogens is 375 g/mol. The lowest BCUT2D eigenvalue weighted by atomic mass is 10.1. The van der Waals surface area contributed by atoms with E-state index in [0.29, 0.717) is 24.4 Å². The first-order valence-corrected chi connectivity index (χ1v) is 10.1. The number of aryl methyl sites for hydroxylation is 1. The van der Waals surface area contributed by atoms with Crippen LogP contribution in [0.3, 0.4) is 0 Å². The average Bonchev–Trinajstić information content (AvgIpc) is 3.07. The van der Waals surface area contributed by atoms with Crippen LogP contribution >= 0.6 is 11.3 Å². The van der Waals surface area contributed by atoms with Gasteiger partial charge in [0.25, 0.3) is 5.91 Å². The first kappa shape index (κ1) is 20.0. The molecule has 0 aliphatic heterocycles. The number of unbranched alkanes of at least 4 members (excludes halogenated alkanes) is 1. The average molecular weight is 399 g/mol. The minimum Gasteiger partial charge on any atom is -0.494 e. The van der Waals surface area contributed by atoms with Gasteiger partial charge in [0, 0.05) is 13.0 Å². The summed E-state index contributed by atoms with van der Waals surface area (Å²) in [6.07, 6.45) is 2.31. The van der Waals surface area contributed by atoms with Gasteiger partial charge >= 0.3 is 0 Å². The highest BCUT2D eigenvalue weighted by atomic mass is 32.1. The Labute approximate surface area is 168 Å². The van der Waals surface area contributed by atoms with Crippen molar-refractivity contribution in [3.8, 4) is 5.75 Å². The van der Waals surface area contributed by atoms with Crippen molar-refractivity contribution in [2.24, 2.45) is 0 Å². The number of aromatic nitrogens is 1. The number of para-hydroxylation sites is 1. The van der Waals surface area contributed by atoms with Crippen molar-refractivity contribution < 1.29 is 13.9 Å². The van der Waals surface area contributed by atoms with Gasteiger partial charge in [-0.05, 0) is 49.6 Å². The predicted octanol–water partition coefficient (Wildman–Crippen LogP) is 4.77. The quantitative estimate of drug-likeness (QED) is 0.528. The number of benzene rings is 2. The molecule has 0 spiro atoms. The number of carbonyl (C=O) groups is 1. The molecule has 3 rings (SSSR count). The van der Waals surface area contributed by atoms with Crippen molar-refractivity contribution in [3.05, 3.63) is 81.6 Å². The lowest BCUT2D eigenvalue weighted by Crippen LogP contribution is -2.24. The lowest BCUT2D eigenvalue weighted by molar-refractivity contribution is 0.0955. The number of hydrogen-bond donors (Lipinski definition) is 1. The molecule has 0 atom stereocenters. The number of nitrogens with zero attached hydrogens (tertiary/aromatic N) is 1. The molecule has 0 saturated carbocycles. The predicted molar refractivity (Wildman–Crippen MR) is 110 cm³/mol. The third-order valence-electron chi connectivity index (χ3n) is 4.18. The van der Waals surface area contributed by atoms with Crippen LogP contribution in [0.25, 0.3) is 0 Å². The molecule has 0 unspecified atom stereocenters. The smallest absolute Gasteiger partial charge is 0.263 e. The van der Waals surface area contributed by atoms with Gasteiger partial charge in [-0.25, -0.2) is 9.37 Å². The molecule has 146 valence electrons. The maximum Gasteiger partial charge on any atom is 0.263 e. The zero-order valence-electron chi connectivity index (χ0n) is 15.8. The van der Waals surface area contributed by atoms with Crippen LogP contribution < -0.4 is 10.1 Å². The Morgan fingerprint density at radius 3 is 2.61 bits per heavy atom. The van der Waals surface area contributed by atoms with Crippen LogP contribution in [0.5, 0.6) is 5.75 Å². The van der Waals surface area contributed by atoms with E-state index >= 15 is 0 Å². The topological polar surface area (TPSA) is 51.2 Å². The van der Waals surface area contributed by atoms with Crippen LogP contribution in [-0.2, 0) is 6.42 Å². The molecular formula is C22H23FN2O2S. The number of ether oxygens (including phenoxy) is 1. The molecule has 0 aliphatic carbocycles. The molecule has 1 N–H and O–H groups in total. The lowest BCUT2D eigenvalue weighted by Gasteiger charge is -2.06. The Morgan fingerprint density at radius 2 is 1.86 bits per heavy atom. The second-order valence-corrected chi connectivity index (χ2v) is 7.53. The summed E-state index contributed by atoms with van der Waals surface area (Å²) in [5.41, 5.74) is 1.70. The number of rotatable bonds is 9. The molecule has 6 heteroatoms. The first-order chi connectivity index (χ1) is 13.6. The summed E-state index contributed by atoms with van der Waals surface area (Å²) in [5, 5.41) is 3.80. The monoisotopic (exact) mass is 398 g/mol. The Bertz CT molecular complexity index is 895. The summed E-state index contributed by atoms with van der Waals surface area (Å²) < 4.78 is 18.6. The fourth-order valence-electron chi connectivity index (χ4n) is 2.73. The maximum absolute atomic E-state index is 13.0. The Morgan fingerprint density at radius 1 is 1.11 bits per heavy atom. The molecule has 1 aromatic heterocycles. The number of thiazole rings is 1. The van der Waals surface area contributed by atoms with E-state index in [1.165, 1.54) is 23.5 Å². The van der Waals surface area contributed by atoms with E-state index in [0.717, 1.165) is 34.9 Å².